The van der Waals surface area contributed by atoms with E-state index >= 15 is 0 Å². The second kappa shape index (κ2) is 6.13. The third-order valence-corrected chi connectivity index (χ3v) is 5.21. The van der Waals surface area contributed by atoms with E-state index in [4.69, 9.17) is 12.2 Å². The van der Waals surface area contributed by atoms with Crippen LogP contribution in [-0.4, -0.2) is 24.4 Å². The molecule has 20 heavy (non-hydrogen) atoms. The van der Waals surface area contributed by atoms with Crippen molar-refractivity contribution >= 4 is 35.1 Å². The Hall–Kier alpha value is -1.08. The van der Waals surface area contributed by atoms with Crippen LogP contribution in [0.25, 0.3) is 11.2 Å². The van der Waals surface area contributed by atoms with E-state index < -0.39 is 0 Å². The summed E-state index contributed by atoms with van der Waals surface area (Å²) in [5.74, 6) is 0. The molecule has 0 aromatic carbocycles. The lowest BCUT2D eigenvalue weighted by Gasteiger charge is -2.10. The highest BCUT2D eigenvalue weighted by atomic mass is 32.2. The first-order chi connectivity index (χ1) is 9.49. The first-order valence-corrected chi connectivity index (χ1v) is 8.10. The van der Waals surface area contributed by atoms with Crippen LogP contribution in [0.3, 0.4) is 0 Å². The Morgan fingerprint density at radius 3 is 2.65 bits per heavy atom. The molecule has 0 saturated heterocycles. The maximum atomic E-state index is 12.0. The Morgan fingerprint density at radius 1 is 1.35 bits per heavy atom. The van der Waals surface area contributed by atoms with Crippen LogP contribution < -0.4 is 5.69 Å². The van der Waals surface area contributed by atoms with Gasteiger partial charge in [-0.1, -0.05) is 44.2 Å². The molecule has 0 aliphatic carbocycles. The van der Waals surface area contributed by atoms with Crippen molar-refractivity contribution in [3.8, 4) is 0 Å². The molecule has 5 nitrogen and oxygen atoms in total. The summed E-state index contributed by atoms with van der Waals surface area (Å²) in [7, 11) is 3.40. The second-order valence-electron chi connectivity index (χ2n) is 4.88. The number of aryl methyl sites for hydroxylation is 1. The van der Waals surface area contributed by atoms with Crippen LogP contribution in [0.5, 0.6) is 0 Å². The van der Waals surface area contributed by atoms with Gasteiger partial charge in [0, 0.05) is 19.3 Å². The minimum atomic E-state index is -0.147. The topological polar surface area (TPSA) is 55.6 Å². The number of hydrogen-bond acceptors (Lipinski definition) is 4. The van der Waals surface area contributed by atoms with Gasteiger partial charge >= 0.3 is 5.69 Å². The maximum Gasteiger partial charge on any atom is 0.330 e. The van der Waals surface area contributed by atoms with E-state index in [2.05, 4.69) is 23.8 Å². The Bertz CT molecular complexity index is 728. The highest BCUT2D eigenvalue weighted by Gasteiger charge is 2.14. The zero-order chi connectivity index (χ0) is 14.9. The monoisotopic (exact) mass is 312 g/mol. The van der Waals surface area contributed by atoms with Gasteiger partial charge in [0.2, 0.25) is 0 Å². The van der Waals surface area contributed by atoms with Gasteiger partial charge in [0.15, 0.2) is 10.8 Å². The molecule has 1 atom stereocenters. The van der Waals surface area contributed by atoms with Gasteiger partial charge in [-0.05, 0) is 12.8 Å². The number of fused-ring (bicyclic) bond motifs is 1. The average molecular weight is 312 g/mol. The largest absolute Gasteiger partial charge is 0.330 e. The van der Waals surface area contributed by atoms with E-state index in [0.29, 0.717) is 15.5 Å². The van der Waals surface area contributed by atoms with Crippen LogP contribution in [0.1, 0.15) is 33.1 Å². The van der Waals surface area contributed by atoms with Crippen LogP contribution in [0.2, 0.25) is 0 Å². The van der Waals surface area contributed by atoms with Gasteiger partial charge in [0.1, 0.15) is 10.2 Å². The summed E-state index contributed by atoms with van der Waals surface area (Å²) in [6.07, 6.45) is 3.42. The van der Waals surface area contributed by atoms with Gasteiger partial charge in [0.25, 0.3) is 0 Å². The lowest BCUT2D eigenvalue weighted by Crippen LogP contribution is -2.27. The smallest absolute Gasteiger partial charge is 0.329 e. The van der Waals surface area contributed by atoms with Gasteiger partial charge in [0.05, 0.1) is 0 Å². The molecule has 0 saturated carbocycles. The van der Waals surface area contributed by atoms with Crippen LogP contribution >= 0.6 is 24.0 Å². The maximum absolute atomic E-state index is 12.0. The Kier molecular flexibility index (Phi) is 4.70. The standard InChI is InChI=1S/C13H20N4OS2/c1-5-7-8(6-2)20-12-14-9-10(15-12)16(3)13(18)17(4)11(9)19/h8H,5-7H2,1-4H3,(H,14,15)/t8-/m0/s1. The molecule has 0 fully saturated rings. The first kappa shape index (κ1) is 15.3. The number of aromatic amines is 1. The van der Waals surface area contributed by atoms with Crippen molar-refractivity contribution in [2.45, 2.75) is 43.5 Å². The van der Waals surface area contributed by atoms with Crippen molar-refractivity contribution in [2.24, 2.45) is 14.1 Å². The first-order valence-electron chi connectivity index (χ1n) is 6.81. The quantitative estimate of drug-likeness (QED) is 0.681. The van der Waals surface area contributed by atoms with Crippen LogP contribution in [-0.2, 0) is 14.1 Å². The molecular weight excluding hydrogens is 292 g/mol. The van der Waals surface area contributed by atoms with Crippen LogP contribution in [0.15, 0.2) is 9.95 Å². The highest BCUT2D eigenvalue weighted by Crippen LogP contribution is 2.27. The van der Waals surface area contributed by atoms with Gasteiger partial charge in [-0.2, -0.15) is 0 Å². The number of imidazole rings is 1. The van der Waals surface area contributed by atoms with Crippen LogP contribution in [0.4, 0.5) is 0 Å². The molecule has 7 heteroatoms. The minimum Gasteiger partial charge on any atom is -0.329 e. The zero-order valence-corrected chi connectivity index (χ0v) is 13.9. The lowest BCUT2D eigenvalue weighted by molar-refractivity contribution is 0.716. The van der Waals surface area contributed by atoms with Gasteiger partial charge in [-0.15, -0.1) is 0 Å². The van der Waals surface area contributed by atoms with E-state index in [1.54, 1.807) is 25.9 Å². The summed E-state index contributed by atoms with van der Waals surface area (Å²) >= 11 is 7.05. The minimum absolute atomic E-state index is 0.147. The molecule has 1 N–H and O–H groups in total. The van der Waals surface area contributed by atoms with Crippen molar-refractivity contribution < 1.29 is 0 Å². The molecule has 110 valence electrons. The zero-order valence-electron chi connectivity index (χ0n) is 12.3. The molecule has 0 aliphatic rings. The molecule has 2 aromatic heterocycles. The molecule has 0 bridgehead atoms. The molecule has 0 aliphatic heterocycles. The summed E-state index contributed by atoms with van der Waals surface area (Å²) in [5.41, 5.74) is 1.25. The van der Waals surface area contributed by atoms with Crippen molar-refractivity contribution in [3.05, 3.63) is 15.1 Å². The van der Waals surface area contributed by atoms with Crippen molar-refractivity contribution in [3.63, 3.8) is 0 Å². The van der Waals surface area contributed by atoms with Crippen LogP contribution in [0, 0.1) is 4.64 Å². The molecule has 2 rings (SSSR count). The fourth-order valence-corrected chi connectivity index (χ4v) is 3.54. The van der Waals surface area contributed by atoms with Gasteiger partial charge in [-0.25, -0.2) is 9.78 Å². The third kappa shape index (κ3) is 2.69. The Morgan fingerprint density at radius 2 is 2.05 bits per heavy atom. The fraction of sp³-hybridized carbons (Fsp3) is 0.615. The van der Waals surface area contributed by atoms with Crippen molar-refractivity contribution in [1.82, 2.24) is 19.1 Å². The normalized spacial score (nSPS) is 13.0. The molecule has 0 amide bonds. The van der Waals surface area contributed by atoms with E-state index in [9.17, 15) is 4.79 Å². The average Bonchev–Trinajstić information content (AvgIpc) is 2.86. The number of aromatic nitrogens is 4. The molecule has 2 heterocycles. The Labute approximate surface area is 127 Å². The number of nitrogens with zero attached hydrogens (tertiary/aromatic N) is 3. The summed E-state index contributed by atoms with van der Waals surface area (Å²) in [6.45, 7) is 4.37. The molecular formula is C13H20N4OS2. The molecule has 0 spiro atoms. The summed E-state index contributed by atoms with van der Waals surface area (Å²) in [4.78, 5) is 19.8. The predicted molar refractivity (Wildman–Crippen MR) is 86.0 cm³/mol. The number of hydrogen-bond donors (Lipinski definition) is 1. The summed E-state index contributed by atoms with van der Waals surface area (Å²) < 4.78 is 3.51. The second-order valence-corrected chi connectivity index (χ2v) is 6.56. The van der Waals surface area contributed by atoms with E-state index in [1.807, 2.05) is 0 Å². The highest BCUT2D eigenvalue weighted by molar-refractivity contribution is 7.99. The molecule has 0 unspecified atom stereocenters. The van der Waals surface area contributed by atoms with Gasteiger partial charge in [-0.3, -0.25) is 9.13 Å². The Balaban J connectivity index is 2.49. The van der Waals surface area contributed by atoms with Crippen molar-refractivity contribution in [1.29, 1.82) is 0 Å². The van der Waals surface area contributed by atoms with E-state index in [1.165, 1.54) is 9.13 Å². The SMILES string of the molecule is CCC[C@H](CC)Sc1nc2c([nH]1)c(=S)n(C)c(=O)n2C. The fourth-order valence-electron chi connectivity index (χ4n) is 2.19. The number of thioether (sulfide) groups is 1. The summed E-state index contributed by atoms with van der Waals surface area (Å²) in [6, 6.07) is 0. The number of rotatable bonds is 5. The number of nitrogens with one attached hydrogen (secondary N) is 1. The van der Waals surface area contributed by atoms with E-state index in [0.717, 1.165) is 29.9 Å². The lowest BCUT2D eigenvalue weighted by atomic mass is 10.2. The predicted octanol–water partition coefficient (Wildman–Crippen LogP) is 3.00. The third-order valence-electron chi connectivity index (χ3n) is 3.42. The van der Waals surface area contributed by atoms with Crippen molar-refractivity contribution in [2.75, 3.05) is 0 Å². The molecule has 0 radical (unpaired) electrons. The van der Waals surface area contributed by atoms with E-state index in [-0.39, 0.29) is 5.69 Å². The molecule has 2 aromatic rings. The van der Waals surface area contributed by atoms with Gasteiger partial charge < -0.3 is 4.98 Å². The number of H-pyrrole nitrogens is 1. The summed E-state index contributed by atoms with van der Waals surface area (Å²) in [5, 5.41) is 1.38.